The van der Waals surface area contributed by atoms with Crippen LogP contribution in [0, 0.1) is 13.8 Å². The number of fused-ring (bicyclic) bond motifs is 1. The zero-order valence-corrected chi connectivity index (χ0v) is 20.3. The highest BCUT2D eigenvalue weighted by Crippen LogP contribution is 2.17. The van der Waals surface area contributed by atoms with Crippen LogP contribution in [0.5, 0.6) is 0 Å². The summed E-state index contributed by atoms with van der Waals surface area (Å²) in [6.45, 7) is 13.4. The van der Waals surface area contributed by atoms with E-state index in [0.29, 0.717) is 0 Å². The van der Waals surface area contributed by atoms with Crippen LogP contribution >= 0.6 is 0 Å². The molecule has 0 aliphatic carbocycles. The molecule has 0 saturated carbocycles. The molecule has 1 aromatic heterocycles. The van der Waals surface area contributed by atoms with Gasteiger partial charge in [-0.1, -0.05) is 83.3 Å². The monoisotopic (exact) mass is 414 g/mol. The van der Waals surface area contributed by atoms with E-state index in [0.717, 1.165) is 18.6 Å². The molecule has 170 valence electrons. The topological polar surface area (TPSA) is 34.0 Å². The summed E-state index contributed by atoms with van der Waals surface area (Å²) in [6, 6.07) is 4.41. The van der Waals surface area contributed by atoms with E-state index in [4.69, 9.17) is 0 Å². The van der Waals surface area contributed by atoms with E-state index in [2.05, 4.69) is 59.7 Å². The van der Waals surface area contributed by atoms with Gasteiger partial charge >= 0.3 is 0 Å². The first-order valence-corrected chi connectivity index (χ1v) is 12.7. The molecule has 0 spiro atoms. The van der Waals surface area contributed by atoms with E-state index in [1.807, 2.05) is 0 Å². The van der Waals surface area contributed by atoms with Crippen LogP contribution in [-0.4, -0.2) is 39.5 Å². The van der Waals surface area contributed by atoms with Crippen molar-refractivity contribution in [2.24, 2.45) is 0 Å². The van der Waals surface area contributed by atoms with Crippen molar-refractivity contribution in [2.75, 3.05) is 19.6 Å². The Morgan fingerprint density at radius 1 is 0.700 bits per heavy atom. The van der Waals surface area contributed by atoms with Gasteiger partial charge in [-0.2, -0.15) is 0 Å². The molecule has 0 aliphatic heterocycles. The molecule has 0 radical (unpaired) electrons. The maximum atomic E-state index is 4.45. The van der Waals surface area contributed by atoms with E-state index in [1.165, 1.54) is 107 Å². The van der Waals surface area contributed by atoms with Crippen molar-refractivity contribution in [2.45, 2.75) is 111 Å². The maximum absolute atomic E-state index is 4.45. The molecule has 2 rings (SSSR count). The highest BCUT2D eigenvalue weighted by molar-refractivity contribution is 5.76. The minimum absolute atomic E-state index is 0.935. The molecule has 0 fully saturated rings. The summed E-state index contributed by atoms with van der Waals surface area (Å²) in [5.74, 6) is 0. The average molecular weight is 415 g/mol. The van der Waals surface area contributed by atoms with Crippen LogP contribution in [-0.2, 0) is 6.54 Å². The molecule has 30 heavy (non-hydrogen) atoms. The Labute approximate surface area is 185 Å². The molecular formula is C26H46N4. The Hall–Kier alpha value is -1.42. The van der Waals surface area contributed by atoms with Gasteiger partial charge in [0, 0.05) is 6.54 Å². The van der Waals surface area contributed by atoms with Crippen molar-refractivity contribution >= 4 is 11.0 Å². The summed E-state index contributed by atoms with van der Waals surface area (Å²) in [4.78, 5) is 2.67. The van der Waals surface area contributed by atoms with Gasteiger partial charge in [0.25, 0.3) is 0 Å². The van der Waals surface area contributed by atoms with Gasteiger partial charge in [-0.15, -0.1) is 5.10 Å². The first kappa shape index (κ1) is 24.8. The second kappa shape index (κ2) is 14.6. The van der Waals surface area contributed by atoms with E-state index >= 15 is 0 Å². The van der Waals surface area contributed by atoms with E-state index < -0.39 is 0 Å². The third kappa shape index (κ3) is 8.75. The van der Waals surface area contributed by atoms with E-state index in [9.17, 15) is 0 Å². The lowest BCUT2D eigenvalue weighted by Crippen LogP contribution is -2.30. The smallest absolute Gasteiger partial charge is 0.113 e. The van der Waals surface area contributed by atoms with Gasteiger partial charge in [-0.05, 0) is 63.0 Å². The summed E-state index contributed by atoms with van der Waals surface area (Å²) < 4.78 is 2.11. The molecule has 0 amide bonds. The summed E-state index contributed by atoms with van der Waals surface area (Å²) in [5.41, 5.74) is 4.82. The van der Waals surface area contributed by atoms with Crippen molar-refractivity contribution in [1.29, 1.82) is 0 Å². The molecule has 0 saturated heterocycles. The maximum Gasteiger partial charge on any atom is 0.113 e. The lowest BCUT2D eigenvalue weighted by molar-refractivity contribution is 0.247. The molecule has 1 heterocycles. The predicted octanol–water partition coefficient (Wildman–Crippen LogP) is 7.07. The Kier molecular flexibility index (Phi) is 12.1. The van der Waals surface area contributed by atoms with Gasteiger partial charge in [-0.25, -0.2) is 4.68 Å². The fourth-order valence-electron chi connectivity index (χ4n) is 4.19. The van der Waals surface area contributed by atoms with Gasteiger partial charge in [0.1, 0.15) is 5.52 Å². The van der Waals surface area contributed by atoms with Crippen LogP contribution in [0.1, 0.15) is 102 Å². The lowest BCUT2D eigenvalue weighted by Gasteiger charge is -2.22. The Morgan fingerprint density at radius 2 is 1.23 bits per heavy atom. The number of nitrogens with zero attached hydrogens (tertiary/aromatic N) is 4. The number of unbranched alkanes of at least 4 members (excludes halogenated alkanes) is 10. The van der Waals surface area contributed by atoms with Crippen LogP contribution in [0.25, 0.3) is 11.0 Å². The van der Waals surface area contributed by atoms with E-state index in [1.54, 1.807) is 0 Å². The zero-order chi connectivity index (χ0) is 21.6. The molecule has 1 aromatic carbocycles. The SMILES string of the molecule is CCCCCCCCN(CCCCCCCC)CCn1nnc2cc(C)c(C)cc21. The third-order valence-corrected chi connectivity index (χ3v) is 6.41. The summed E-state index contributed by atoms with van der Waals surface area (Å²) in [6.07, 6.45) is 16.4. The van der Waals surface area contributed by atoms with Crippen molar-refractivity contribution in [1.82, 2.24) is 19.9 Å². The number of rotatable bonds is 17. The highest BCUT2D eigenvalue weighted by Gasteiger charge is 2.10. The fraction of sp³-hybridized carbons (Fsp3) is 0.769. The fourth-order valence-corrected chi connectivity index (χ4v) is 4.19. The minimum Gasteiger partial charge on any atom is -0.301 e. The van der Waals surface area contributed by atoms with Gasteiger partial charge in [0.05, 0.1) is 12.1 Å². The second-order valence-corrected chi connectivity index (χ2v) is 9.11. The standard InChI is InChI=1S/C26H46N4/c1-5-7-9-11-13-15-17-29(18-16-14-12-10-8-6-2)19-20-30-26-22-24(4)23(3)21-25(26)27-28-30/h21-22H,5-20H2,1-4H3. The highest BCUT2D eigenvalue weighted by atomic mass is 15.4. The Bertz CT molecular complexity index is 690. The normalized spacial score (nSPS) is 11.8. The molecule has 4 nitrogen and oxygen atoms in total. The first-order valence-electron chi connectivity index (χ1n) is 12.7. The van der Waals surface area contributed by atoms with Gasteiger partial charge < -0.3 is 4.90 Å². The van der Waals surface area contributed by atoms with Gasteiger partial charge in [-0.3, -0.25) is 0 Å². The van der Waals surface area contributed by atoms with Crippen LogP contribution in [0.3, 0.4) is 0 Å². The summed E-state index contributed by atoms with van der Waals surface area (Å²) >= 11 is 0. The van der Waals surface area contributed by atoms with Crippen LogP contribution < -0.4 is 0 Å². The predicted molar refractivity (Wildman–Crippen MR) is 130 cm³/mol. The Morgan fingerprint density at radius 3 is 1.83 bits per heavy atom. The van der Waals surface area contributed by atoms with Crippen LogP contribution in [0.4, 0.5) is 0 Å². The van der Waals surface area contributed by atoms with Gasteiger partial charge in [0.15, 0.2) is 0 Å². The molecule has 0 unspecified atom stereocenters. The minimum atomic E-state index is 0.935. The zero-order valence-electron chi connectivity index (χ0n) is 20.3. The van der Waals surface area contributed by atoms with Crippen molar-refractivity contribution in [3.8, 4) is 0 Å². The number of benzene rings is 1. The molecule has 0 N–H and O–H groups in total. The Balaban J connectivity index is 1.83. The number of hydrogen-bond donors (Lipinski definition) is 0. The van der Waals surface area contributed by atoms with Crippen molar-refractivity contribution in [3.63, 3.8) is 0 Å². The molecule has 4 heteroatoms. The van der Waals surface area contributed by atoms with Crippen molar-refractivity contribution in [3.05, 3.63) is 23.3 Å². The summed E-state index contributed by atoms with van der Waals surface area (Å²) in [5, 5.41) is 8.85. The van der Waals surface area contributed by atoms with Crippen molar-refractivity contribution < 1.29 is 0 Å². The lowest BCUT2D eigenvalue weighted by atomic mass is 10.1. The first-order chi connectivity index (χ1) is 14.7. The molecule has 0 atom stereocenters. The van der Waals surface area contributed by atoms with Crippen LogP contribution in [0.2, 0.25) is 0 Å². The molecule has 2 aromatic rings. The third-order valence-electron chi connectivity index (χ3n) is 6.41. The molecule has 0 bridgehead atoms. The quantitative estimate of drug-likeness (QED) is 0.260. The average Bonchev–Trinajstić information content (AvgIpc) is 3.12. The van der Waals surface area contributed by atoms with E-state index in [-0.39, 0.29) is 0 Å². The molecule has 0 aliphatic rings. The number of hydrogen-bond acceptors (Lipinski definition) is 3. The summed E-state index contributed by atoms with van der Waals surface area (Å²) in [7, 11) is 0. The number of aryl methyl sites for hydroxylation is 2. The number of aromatic nitrogens is 3. The molecular weight excluding hydrogens is 368 g/mol. The van der Waals surface area contributed by atoms with Crippen LogP contribution in [0.15, 0.2) is 12.1 Å². The largest absolute Gasteiger partial charge is 0.301 e. The second-order valence-electron chi connectivity index (χ2n) is 9.11. The van der Waals surface area contributed by atoms with Gasteiger partial charge in [0.2, 0.25) is 0 Å².